The molecule has 2 unspecified atom stereocenters. The van der Waals surface area contributed by atoms with E-state index in [0.717, 1.165) is 0 Å². The van der Waals surface area contributed by atoms with Crippen LogP contribution in [0.5, 0.6) is 0 Å². The molecular formula is C10H19NO4. The second-order valence-corrected chi connectivity index (χ2v) is 3.74. The highest BCUT2D eigenvalue weighted by molar-refractivity contribution is 5.77. The molecule has 2 N–H and O–H groups in total. The first-order valence-electron chi connectivity index (χ1n) is 5.07. The molecule has 0 aromatic carbocycles. The van der Waals surface area contributed by atoms with Gasteiger partial charge >= 0.3 is 5.97 Å². The Hall–Kier alpha value is -1.10. The number of carbonyl (C=O) groups excluding carboxylic acids is 1. The number of aliphatic carboxylic acids is 1. The Bertz CT molecular complexity index is 227. The first-order chi connectivity index (χ1) is 6.88. The molecule has 0 saturated carbocycles. The molecular weight excluding hydrogens is 198 g/mol. The summed E-state index contributed by atoms with van der Waals surface area (Å²) in [6.07, 6.45) is -0.319. The quantitative estimate of drug-likeness (QED) is 0.672. The van der Waals surface area contributed by atoms with Crippen molar-refractivity contribution in [1.82, 2.24) is 4.90 Å². The van der Waals surface area contributed by atoms with Crippen molar-refractivity contribution in [3.8, 4) is 0 Å². The van der Waals surface area contributed by atoms with E-state index in [4.69, 9.17) is 5.11 Å². The molecule has 0 aromatic heterocycles. The molecule has 1 amide bonds. The van der Waals surface area contributed by atoms with Gasteiger partial charge in [0.25, 0.3) is 0 Å². The van der Waals surface area contributed by atoms with Gasteiger partial charge in [-0.3, -0.25) is 9.59 Å². The average molecular weight is 217 g/mol. The maximum absolute atomic E-state index is 11.4. The third-order valence-corrected chi connectivity index (χ3v) is 2.06. The zero-order chi connectivity index (χ0) is 12.0. The highest BCUT2D eigenvalue weighted by Gasteiger charge is 2.20. The lowest BCUT2D eigenvalue weighted by Crippen LogP contribution is -2.40. The van der Waals surface area contributed by atoms with Gasteiger partial charge in [0.2, 0.25) is 5.91 Å². The fourth-order valence-electron chi connectivity index (χ4n) is 1.23. The van der Waals surface area contributed by atoms with Gasteiger partial charge in [0, 0.05) is 19.5 Å². The van der Waals surface area contributed by atoms with Crippen LogP contribution < -0.4 is 0 Å². The van der Waals surface area contributed by atoms with Gasteiger partial charge in [-0.05, 0) is 6.92 Å². The molecule has 0 aliphatic heterocycles. The molecule has 88 valence electrons. The number of hydrogen-bond acceptors (Lipinski definition) is 3. The van der Waals surface area contributed by atoms with Crippen molar-refractivity contribution >= 4 is 11.9 Å². The summed E-state index contributed by atoms with van der Waals surface area (Å²) in [6.45, 7) is 5.15. The van der Waals surface area contributed by atoms with Gasteiger partial charge in [0.05, 0.1) is 12.0 Å². The summed E-state index contributed by atoms with van der Waals surface area (Å²) >= 11 is 0. The monoisotopic (exact) mass is 217 g/mol. The van der Waals surface area contributed by atoms with Crippen LogP contribution in [0.2, 0.25) is 0 Å². The van der Waals surface area contributed by atoms with Crippen molar-refractivity contribution in [2.75, 3.05) is 13.1 Å². The Kier molecular flexibility index (Phi) is 5.93. The fourth-order valence-corrected chi connectivity index (χ4v) is 1.23. The van der Waals surface area contributed by atoms with Gasteiger partial charge in [-0.15, -0.1) is 0 Å². The molecule has 0 aliphatic carbocycles. The molecule has 0 radical (unpaired) electrons. The van der Waals surface area contributed by atoms with Crippen LogP contribution in [0.1, 0.15) is 27.2 Å². The Morgan fingerprint density at radius 2 is 1.80 bits per heavy atom. The molecule has 5 nitrogen and oxygen atoms in total. The van der Waals surface area contributed by atoms with E-state index in [2.05, 4.69) is 0 Å². The van der Waals surface area contributed by atoms with Crippen molar-refractivity contribution in [1.29, 1.82) is 0 Å². The van der Waals surface area contributed by atoms with Crippen molar-refractivity contribution in [2.24, 2.45) is 5.92 Å². The third-order valence-electron chi connectivity index (χ3n) is 2.06. The van der Waals surface area contributed by atoms with E-state index in [-0.39, 0.29) is 19.0 Å². The van der Waals surface area contributed by atoms with Gasteiger partial charge in [-0.2, -0.15) is 0 Å². The number of carbonyl (C=O) groups is 2. The second kappa shape index (κ2) is 6.40. The molecule has 0 saturated heterocycles. The topological polar surface area (TPSA) is 77.8 Å². The van der Waals surface area contributed by atoms with Gasteiger partial charge in [0.15, 0.2) is 0 Å². The first kappa shape index (κ1) is 13.9. The number of rotatable bonds is 6. The SMILES string of the molecule is CCC(=O)N(CC(C)O)CC(C)C(=O)O. The molecule has 0 bridgehead atoms. The predicted octanol–water partition coefficient (Wildman–Crippen LogP) is 0.326. The Morgan fingerprint density at radius 1 is 1.27 bits per heavy atom. The van der Waals surface area contributed by atoms with E-state index in [1.807, 2.05) is 0 Å². The van der Waals surface area contributed by atoms with Gasteiger partial charge in [-0.1, -0.05) is 13.8 Å². The van der Waals surface area contributed by atoms with Crippen LogP contribution in [0, 0.1) is 5.92 Å². The average Bonchev–Trinajstić information content (AvgIpc) is 2.14. The van der Waals surface area contributed by atoms with Gasteiger partial charge in [-0.25, -0.2) is 0 Å². The van der Waals surface area contributed by atoms with Crippen LogP contribution in [-0.2, 0) is 9.59 Å². The zero-order valence-corrected chi connectivity index (χ0v) is 9.43. The molecule has 0 aromatic rings. The minimum Gasteiger partial charge on any atom is -0.481 e. The van der Waals surface area contributed by atoms with Crippen molar-refractivity contribution in [3.05, 3.63) is 0 Å². The molecule has 0 spiro atoms. The lowest BCUT2D eigenvalue weighted by molar-refractivity contribution is -0.143. The van der Waals surface area contributed by atoms with Crippen LogP contribution in [-0.4, -0.2) is 46.2 Å². The normalized spacial score (nSPS) is 14.4. The summed E-state index contributed by atoms with van der Waals surface area (Å²) in [5.41, 5.74) is 0. The van der Waals surface area contributed by atoms with Crippen molar-refractivity contribution in [3.63, 3.8) is 0 Å². The number of aliphatic hydroxyl groups excluding tert-OH is 1. The number of amides is 1. The highest BCUT2D eigenvalue weighted by atomic mass is 16.4. The first-order valence-corrected chi connectivity index (χ1v) is 5.07. The van der Waals surface area contributed by atoms with E-state index in [1.165, 1.54) is 4.90 Å². The summed E-state index contributed by atoms with van der Waals surface area (Å²) in [5, 5.41) is 17.9. The summed E-state index contributed by atoms with van der Waals surface area (Å²) in [6, 6.07) is 0. The number of carboxylic acid groups (broad SMARTS) is 1. The highest BCUT2D eigenvalue weighted by Crippen LogP contribution is 2.04. The summed E-state index contributed by atoms with van der Waals surface area (Å²) in [4.78, 5) is 23.5. The Labute approximate surface area is 89.7 Å². The molecule has 0 heterocycles. The van der Waals surface area contributed by atoms with Crippen molar-refractivity contribution < 1.29 is 19.8 Å². The van der Waals surface area contributed by atoms with E-state index >= 15 is 0 Å². The lowest BCUT2D eigenvalue weighted by Gasteiger charge is -2.25. The smallest absolute Gasteiger partial charge is 0.308 e. The molecule has 0 rings (SSSR count). The van der Waals surface area contributed by atoms with Crippen LogP contribution in [0.3, 0.4) is 0 Å². The Morgan fingerprint density at radius 3 is 2.13 bits per heavy atom. The van der Waals surface area contributed by atoms with Crippen LogP contribution in [0.25, 0.3) is 0 Å². The number of carboxylic acids is 1. The fraction of sp³-hybridized carbons (Fsp3) is 0.800. The van der Waals surface area contributed by atoms with Crippen LogP contribution in [0.4, 0.5) is 0 Å². The second-order valence-electron chi connectivity index (χ2n) is 3.74. The van der Waals surface area contributed by atoms with Gasteiger partial charge in [0.1, 0.15) is 0 Å². The minimum absolute atomic E-state index is 0.135. The van der Waals surface area contributed by atoms with E-state index in [1.54, 1.807) is 20.8 Å². The summed E-state index contributed by atoms with van der Waals surface area (Å²) < 4.78 is 0. The number of aliphatic hydroxyl groups is 1. The van der Waals surface area contributed by atoms with Gasteiger partial charge < -0.3 is 15.1 Å². The molecule has 0 fully saturated rings. The summed E-state index contributed by atoms with van der Waals surface area (Å²) in [5.74, 6) is -1.68. The van der Waals surface area contributed by atoms with Crippen molar-refractivity contribution in [2.45, 2.75) is 33.3 Å². The zero-order valence-electron chi connectivity index (χ0n) is 9.43. The van der Waals surface area contributed by atoms with E-state index in [0.29, 0.717) is 6.42 Å². The Balaban J connectivity index is 4.36. The molecule has 5 heteroatoms. The van der Waals surface area contributed by atoms with E-state index in [9.17, 15) is 14.7 Å². The predicted molar refractivity (Wildman–Crippen MR) is 55.4 cm³/mol. The number of hydrogen-bond donors (Lipinski definition) is 2. The lowest BCUT2D eigenvalue weighted by atomic mass is 10.1. The maximum Gasteiger partial charge on any atom is 0.308 e. The molecule has 15 heavy (non-hydrogen) atoms. The third kappa shape index (κ3) is 5.37. The van der Waals surface area contributed by atoms with Crippen LogP contribution >= 0.6 is 0 Å². The molecule has 2 atom stereocenters. The number of nitrogens with zero attached hydrogens (tertiary/aromatic N) is 1. The maximum atomic E-state index is 11.4. The summed E-state index contributed by atoms with van der Waals surface area (Å²) in [7, 11) is 0. The molecule has 0 aliphatic rings. The minimum atomic E-state index is -0.936. The standard InChI is InChI=1S/C10H19NO4/c1-4-9(13)11(6-8(3)12)5-7(2)10(14)15/h7-8,12H,4-6H2,1-3H3,(H,14,15). The van der Waals surface area contributed by atoms with E-state index < -0.39 is 18.0 Å². The van der Waals surface area contributed by atoms with Crippen LogP contribution in [0.15, 0.2) is 0 Å². The largest absolute Gasteiger partial charge is 0.481 e.